The Morgan fingerprint density at radius 1 is 0.840 bits per heavy atom. The number of imide groups is 1. The molecule has 4 rings (SSSR count). The van der Waals surface area contributed by atoms with Crippen LogP contribution < -0.4 is 4.90 Å². The monoisotopic (exact) mass is 335 g/mol. The van der Waals surface area contributed by atoms with Crippen molar-refractivity contribution in [3.05, 3.63) is 65.2 Å². The zero-order chi connectivity index (χ0) is 17.4. The zero-order valence-electron chi connectivity index (χ0n) is 14.3. The van der Waals surface area contributed by atoms with Gasteiger partial charge >= 0.3 is 0 Å². The Kier molecular flexibility index (Phi) is 4.01. The number of piperazine rings is 1. The van der Waals surface area contributed by atoms with Crippen molar-refractivity contribution in [3.8, 4) is 0 Å². The first-order valence-electron chi connectivity index (χ1n) is 8.63. The fourth-order valence-electron chi connectivity index (χ4n) is 3.54. The van der Waals surface area contributed by atoms with Crippen LogP contribution >= 0.6 is 0 Å². The van der Waals surface area contributed by atoms with Crippen LogP contribution in [0, 0.1) is 6.92 Å². The summed E-state index contributed by atoms with van der Waals surface area (Å²) in [7, 11) is 0. The number of carbonyl (C=O) groups excluding carboxylic acids is 2. The van der Waals surface area contributed by atoms with E-state index in [-0.39, 0.29) is 11.8 Å². The molecule has 0 aliphatic carbocycles. The standard InChI is InChI=1S/C20H21N3O2/c1-15-5-4-6-16(13-15)22-11-9-21(10-12-22)14-23-19(24)17-7-2-3-8-18(17)20(23)25/h2-8,13H,9-12,14H2,1H3. The van der Waals surface area contributed by atoms with Gasteiger partial charge in [0.15, 0.2) is 0 Å². The Labute approximate surface area is 147 Å². The molecule has 0 aromatic heterocycles. The molecule has 2 aliphatic rings. The second-order valence-corrected chi connectivity index (χ2v) is 6.67. The predicted molar refractivity (Wildman–Crippen MR) is 96.8 cm³/mol. The molecule has 128 valence electrons. The van der Waals surface area contributed by atoms with Crippen molar-refractivity contribution >= 4 is 17.5 Å². The van der Waals surface area contributed by atoms with E-state index in [1.807, 2.05) is 0 Å². The van der Waals surface area contributed by atoms with E-state index >= 15 is 0 Å². The minimum absolute atomic E-state index is 0.179. The predicted octanol–water partition coefficient (Wildman–Crippen LogP) is 2.37. The van der Waals surface area contributed by atoms with Gasteiger partial charge in [-0.15, -0.1) is 0 Å². The fourth-order valence-corrected chi connectivity index (χ4v) is 3.54. The first kappa shape index (κ1) is 15.8. The van der Waals surface area contributed by atoms with Crippen molar-refractivity contribution in [1.29, 1.82) is 0 Å². The fraction of sp³-hybridized carbons (Fsp3) is 0.300. The molecule has 2 heterocycles. The molecule has 1 fully saturated rings. The number of rotatable bonds is 3. The average Bonchev–Trinajstić information content (AvgIpc) is 2.88. The number of amides is 2. The minimum atomic E-state index is -0.179. The maximum atomic E-state index is 12.5. The van der Waals surface area contributed by atoms with Gasteiger partial charge in [0.25, 0.3) is 11.8 Å². The van der Waals surface area contributed by atoms with Gasteiger partial charge in [0.2, 0.25) is 0 Å². The molecule has 25 heavy (non-hydrogen) atoms. The summed E-state index contributed by atoms with van der Waals surface area (Å²) in [4.78, 5) is 30.8. The summed E-state index contributed by atoms with van der Waals surface area (Å²) in [6.07, 6.45) is 0. The molecule has 0 N–H and O–H groups in total. The van der Waals surface area contributed by atoms with Gasteiger partial charge in [-0.2, -0.15) is 0 Å². The molecule has 0 bridgehead atoms. The van der Waals surface area contributed by atoms with Crippen molar-refractivity contribution in [2.75, 3.05) is 37.7 Å². The topological polar surface area (TPSA) is 43.9 Å². The van der Waals surface area contributed by atoms with Crippen LogP contribution in [0.2, 0.25) is 0 Å². The normalized spacial score (nSPS) is 18.0. The quantitative estimate of drug-likeness (QED) is 0.808. The second-order valence-electron chi connectivity index (χ2n) is 6.67. The average molecular weight is 335 g/mol. The summed E-state index contributed by atoms with van der Waals surface area (Å²) in [5, 5.41) is 0. The van der Waals surface area contributed by atoms with Crippen LogP contribution in [-0.4, -0.2) is 54.5 Å². The summed E-state index contributed by atoms with van der Waals surface area (Å²) in [6, 6.07) is 15.6. The number of aryl methyl sites for hydroxylation is 1. The zero-order valence-corrected chi connectivity index (χ0v) is 14.3. The van der Waals surface area contributed by atoms with Crippen LogP contribution in [0.3, 0.4) is 0 Å². The minimum Gasteiger partial charge on any atom is -0.369 e. The van der Waals surface area contributed by atoms with E-state index < -0.39 is 0 Å². The lowest BCUT2D eigenvalue weighted by Crippen LogP contribution is -2.51. The smallest absolute Gasteiger partial charge is 0.262 e. The number of fused-ring (bicyclic) bond motifs is 1. The third-order valence-corrected chi connectivity index (χ3v) is 4.96. The van der Waals surface area contributed by atoms with Gasteiger partial charge in [0, 0.05) is 31.9 Å². The van der Waals surface area contributed by atoms with Crippen molar-refractivity contribution in [1.82, 2.24) is 9.80 Å². The number of hydrogen-bond donors (Lipinski definition) is 0. The van der Waals surface area contributed by atoms with Crippen LogP contribution in [0.25, 0.3) is 0 Å². The molecular weight excluding hydrogens is 314 g/mol. The highest BCUT2D eigenvalue weighted by Crippen LogP contribution is 2.23. The van der Waals surface area contributed by atoms with Gasteiger partial charge < -0.3 is 4.90 Å². The molecular formula is C20H21N3O2. The molecule has 2 amide bonds. The summed E-state index contributed by atoms with van der Waals surface area (Å²) in [5.41, 5.74) is 3.53. The maximum Gasteiger partial charge on any atom is 0.262 e. The van der Waals surface area contributed by atoms with Gasteiger partial charge in [0.1, 0.15) is 0 Å². The van der Waals surface area contributed by atoms with E-state index in [0.717, 1.165) is 26.2 Å². The molecule has 5 nitrogen and oxygen atoms in total. The maximum absolute atomic E-state index is 12.5. The summed E-state index contributed by atoms with van der Waals surface area (Å²) in [5.74, 6) is -0.358. The summed E-state index contributed by atoms with van der Waals surface area (Å²) >= 11 is 0. The van der Waals surface area contributed by atoms with Gasteiger partial charge in [-0.25, -0.2) is 0 Å². The van der Waals surface area contributed by atoms with E-state index in [1.165, 1.54) is 16.2 Å². The van der Waals surface area contributed by atoms with Crippen LogP contribution in [0.15, 0.2) is 48.5 Å². The van der Waals surface area contributed by atoms with Crippen molar-refractivity contribution < 1.29 is 9.59 Å². The van der Waals surface area contributed by atoms with Crippen molar-refractivity contribution in [3.63, 3.8) is 0 Å². The lowest BCUT2D eigenvalue weighted by molar-refractivity contribution is 0.0535. The van der Waals surface area contributed by atoms with Gasteiger partial charge in [-0.1, -0.05) is 24.3 Å². The Bertz CT molecular complexity index is 790. The van der Waals surface area contributed by atoms with Crippen LogP contribution in [0.1, 0.15) is 26.3 Å². The lowest BCUT2D eigenvalue weighted by Gasteiger charge is -2.37. The largest absolute Gasteiger partial charge is 0.369 e. The first-order valence-corrected chi connectivity index (χ1v) is 8.63. The highest BCUT2D eigenvalue weighted by Gasteiger charge is 2.36. The Morgan fingerprint density at radius 2 is 1.48 bits per heavy atom. The number of carbonyl (C=O) groups is 2. The van der Waals surface area contributed by atoms with Crippen LogP contribution in [0.5, 0.6) is 0 Å². The van der Waals surface area contributed by atoms with Crippen LogP contribution in [-0.2, 0) is 0 Å². The molecule has 2 aromatic carbocycles. The van der Waals surface area contributed by atoms with Crippen molar-refractivity contribution in [2.24, 2.45) is 0 Å². The molecule has 0 atom stereocenters. The van der Waals surface area contributed by atoms with Gasteiger partial charge in [-0.3, -0.25) is 19.4 Å². The van der Waals surface area contributed by atoms with E-state index in [2.05, 4.69) is 41.0 Å². The Morgan fingerprint density at radius 3 is 2.08 bits per heavy atom. The molecule has 1 saturated heterocycles. The Balaban J connectivity index is 1.40. The lowest BCUT2D eigenvalue weighted by atomic mass is 10.1. The third-order valence-electron chi connectivity index (χ3n) is 4.96. The second kappa shape index (κ2) is 6.33. The summed E-state index contributed by atoms with van der Waals surface area (Å²) in [6.45, 7) is 5.93. The summed E-state index contributed by atoms with van der Waals surface area (Å²) < 4.78 is 0. The molecule has 0 unspecified atom stereocenters. The van der Waals surface area contributed by atoms with Crippen LogP contribution in [0.4, 0.5) is 5.69 Å². The number of benzene rings is 2. The number of hydrogen-bond acceptors (Lipinski definition) is 4. The number of nitrogens with zero attached hydrogens (tertiary/aromatic N) is 3. The van der Waals surface area contributed by atoms with E-state index in [0.29, 0.717) is 17.8 Å². The van der Waals surface area contributed by atoms with E-state index in [1.54, 1.807) is 24.3 Å². The third kappa shape index (κ3) is 2.91. The number of anilines is 1. The van der Waals surface area contributed by atoms with E-state index in [9.17, 15) is 9.59 Å². The molecule has 0 radical (unpaired) electrons. The van der Waals surface area contributed by atoms with E-state index in [4.69, 9.17) is 0 Å². The first-order chi connectivity index (χ1) is 12.1. The Hall–Kier alpha value is -2.66. The molecule has 0 spiro atoms. The molecule has 2 aliphatic heterocycles. The highest BCUT2D eigenvalue weighted by atomic mass is 16.2. The molecule has 0 saturated carbocycles. The van der Waals surface area contributed by atoms with Crippen molar-refractivity contribution in [2.45, 2.75) is 6.92 Å². The van der Waals surface area contributed by atoms with Gasteiger partial charge in [0.05, 0.1) is 17.8 Å². The molecule has 5 heteroatoms. The molecule has 2 aromatic rings. The SMILES string of the molecule is Cc1cccc(N2CCN(CN3C(=O)c4ccccc4C3=O)CC2)c1. The van der Waals surface area contributed by atoms with Gasteiger partial charge in [-0.05, 0) is 36.8 Å². The highest BCUT2D eigenvalue weighted by molar-refractivity contribution is 6.21.